The minimum atomic E-state index is -0.552. The summed E-state index contributed by atoms with van der Waals surface area (Å²) >= 11 is 0. The maximum atomic E-state index is 12.4. The first-order chi connectivity index (χ1) is 13.7. The molecule has 1 aliphatic rings. The van der Waals surface area contributed by atoms with E-state index in [2.05, 4.69) is 14.7 Å². The molecule has 0 saturated carbocycles. The standard InChI is InChI=1S/C21H25N3O5/c1-21(2,3)29-20(26)24-9-7-14-5-6-16(11-15(14)8-10-24)28-18-13-22-17(12-23-18)19(25)27-4/h5-6,11-13H,7-10H2,1-4H3. The summed E-state index contributed by atoms with van der Waals surface area (Å²) in [6.07, 6.45) is 3.86. The maximum Gasteiger partial charge on any atom is 0.410 e. The second-order valence-corrected chi connectivity index (χ2v) is 7.73. The van der Waals surface area contributed by atoms with Crippen LogP contribution in [0.15, 0.2) is 30.6 Å². The number of ether oxygens (including phenoxy) is 3. The molecule has 8 heteroatoms. The number of aromatic nitrogens is 2. The SMILES string of the molecule is COC(=O)c1cnc(Oc2ccc3c(c2)CCN(C(=O)OC(C)(C)C)CC3)cn1. The molecule has 2 aromatic rings. The summed E-state index contributed by atoms with van der Waals surface area (Å²) in [5.41, 5.74) is 1.90. The maximum absolute atomic E-state index is 12.4. The number of rotatable bonds is 3. The van der Waals surface area contributed by atoms with Gasteiger partial charge in [0.1, 0.15) is 11.4 Å². The second-order valence-electron chi connectivity index (χ2n) is 7.73. The highest BCUT2D eigenvalue weighted by Crippen LogP contribution is 2.25. The zero-order chi connectivity index (χ0) is 21.0. The number of amides is 1. The highest BCUT2D eigenvalue weighted by atomic mass is 16.6. The number of hydrogen-bond acceptors (Lipinski definition) is 7. The van der Waals surface area contributed by atoms with Crippen LogP contribution in [0.2, 0.25) is 0 Å². The van der Waals surface area contributed by atoms with Gasteiger partial charge in [-0.15, -0.1) is 0 Å². The topological polar surface area (TPSA) is 90.9 Å². The average molecular weight is 399 g/mol. The molecule has 29 heavy (non-hydrogen) atoms. The number of methoxy groups -OCH3 is 1. The van der Waals surface area contributed by atoms with Gasteiger partial charge in [-0.3, -0.25) is 0 Å². The van der Waals surface area contributed by atoms with Gasteiger partial charge in [0, 0.05) is 13.1 Å². The number of esters is 1. The van der Waals surface area contributed by atoms with E-state index in [1.54, 1.807) is 4.90 Å². The normalized spacial score (nSPS) is 13.9. The molecule has 0 N–H and O–H groups in total. The van der Waals surface area contributed by atoms with Gasteiger partial charge in [0.25, 0.3) is 0 Å². The zero-order valence-corrected chi connectivity index (χ0v) is 17.1. The fourth-order valence-corrected chi connectivity index (χ4v) is 2.97. The Morgan fingerprint density at radius 3 is 2.38 bits per heavy atom. The Morgan fingerprint density at radius 2 is 1.76 bits per heavy atom. The molecular weight excluding hydrogens is 374 g/mol. The van der Waals surface area contributed by atoms with Crippen molar-refractivity contribution in [2.75, 3.05) is 20.2 Å². The van der Waals surface area contributed by atoms with Crippen LogP contribution in [0.3, 0.4) is 0 Å². The minimum Gasteiger partial charge on any atom is -0.464 e. The first-order valence-corrected chi connectivity index (χ1v) is 9.43. The van der Waals surface area contributed by atoms with Gasteiger partial charge < -0.3 is 19.1 Å². The summed E-state index contributed by atoms with van der Waals surface area (Å²) in [6, 6.07) is 5.81. The molecule has 1 aromatic carbocycles. The molecule has 1 aliphatic heterocycles. The van der Waals surface area contributed by atoms with Crippen LogP contribution >= 0.6 is 0 Å². The highest BCUT2D eigenvalue weighted by molar-refractivity contribution is 5.86. The van der Waals surface area contributed by atoms with E-state index in [4.69, 9.17) is 9.47 Å². The van der Waals surface area contributed by atoms with Crippen LogP contribution in [0.1, 0.15) is 42.4 Å². The largest absolute Gasteiger partial charge is 0.464 e. The second kappa shape index (κ2) is 8.46. The third-order valence-corrected chi connectivity index (χ3v) is 4.38. The molecule has 0 unspecified atom stereocenters. The van der Waals surface area contributed by atoms with Crippen molar-refractivity contribution in [3.05, 3.63) is 47.4 Å². The Kier molecular flexibility index (Phi) is 6.00. The molecule has 8 nitrogen and oxygen atoms in total. The summed E-state index contributed by atoms with van der Waals surface area (Å²) in [5, 5.41) is 0. The minimum absolute atomic E-state index is 0.115. The number of nitrogens with zero attached hydrogens (tertiary/aromatic N) is 3. The Hall–Kier alpha value is -3.16. The lowest BCUT2D eigenvalue weighted by Gasteiger charge is -2.26. The van der Waals surface area contributed by atoms with Crippen LogP contribution in [-0.2, 0) is 22.3 Å². The molecular formula is C21H25N3O5. The van der Waals surface area contributed by atoms with Gasteiger partial charge in [0.05, 0.1) is 19.5 Å². The highest BCUT2D eigenvalue weighted by Gasteiger charge is 2.24. The molecule has 0 saturated heterocycles. The Morgan fingerprint density at radius 1 is 1.03 bits per heavy atom. The van der Waals surface area contributed by atoms with E-state index < -0.39 is 11.6 Å². The lowest BCUT2D eigenvalue weighted by molar-refractivity contribution is 0.0258. The van der Waals surface area contributed by atoms with E-state index in [0.717, 1.165) is 12.0 Å². The molecule has 154 valence electrons. The first kappa shape index (κ1) is 20.6. The summed E-state index contributed by atoms with van der Waals surface area (Å²) in [4.78, 5) is 33.6. The van der Waals surface area contributed by atoms with Crippen LogP contribution in [-0.4, -0.2) is 52.7 Å². The van der Waals surface area contributed by atoms with E-state index in [9.17, 15) is 9.59 Å². The summed E-state index contributed by atoms with van der Waals surface area (Å²) in [7, 11) is 1.29. The van der Waals surface area contributed by atoms with Gasteiger partial charge in [-0.2, -0.15) is 0 Å². The van der Waals surface area contributed by atoms with E-state index in [-0.39, 0.29) is 17.7 Å². The van der Waals surface area contributed by atoms with Crippen molar-refractivity contribution in [2.45, 2.75) is 39.2 Å². The zero-order valence-electron chi connectivity index (χ0n) is 17.1. The number of hydrogen-bond donors (Lipinski definition) is 0. The van der Waals surface area contributed by atoms with Gasteiger partial charge in [0.2, 0.25) is 5.88 Å². The van der Waals surface area contributed by atoms with Crippen LogP contribution < -0.4 is 4.74 Å². The number of benzene rings is 1. The average Bonchev–Trinajstić information content (AvgIpc) is 2.89. The predicted octanol–water partition coefficient (Wildman–Crippen LogP) is 3.39. The molecule has 2 heterocycles. The van der Waals surface area contributed by atoms with Gasteiger partial charge in [-0.1, -0.05) is 6.07 Å². The summed E-state index contributed by atoms with van der Waals surface area (Å²) in [5.74, 6) is 0.347. The van der Waals surface area contributed by atoms with Crippen molar-refractivity contribution in [2.24, 2.45) is 0 Å². The Balaban J connectivity index is 1.67. The van der Waals surface area contributed by atoms with Crippen LogP contribution in [0.25, 0.3) is 0 Å². The monoisotopic (exact) mass is 399 g/mol. The molecule has 0 bridgehead atoms. The number of carbonyl (C=O) groups excluding carboxylic acids is 2. The summed E-state index contributed by atoms with van der Waals surface area (Å²) in [6.45, 7) is 6.78. The van der Waals surface area contributed by atoms with Crippen molar-refractivity contribution >= 4 is 12.1 Å². The predicted molar refractivity (Wildman–Crippen MR) is 105 cm³/mol. The van der Waals surface area contributed by atoms with Crippen molar-refractivity contribution in [1.82, 2.24) is 14.9 Å². The van der Waals surface area contributed by atoms with E-state index in [1.165, 1.54) is 25.1 Å². The third kappa shape index (κ3) is 5.43. The van der Waals surface area contributed by atoms with Crippen molar-refractivity contribution in [1.29, 1.82) is 0 Å². The first-order valence-electron chi connectivity index (χ1n) is 9.43. The molecule has 0 aliphatic carbocycles. The fraction of sp³-hybridized carbons (Fsp3) is 0.429. The molecule has 1 amide bonds. The van der Waals surface area contributed by atoms with Gasteiger partial charge in [0.15, 0.2) is 5.69 Å². The van der Waals surface area contributed by atoms with Gasteiger partial charge in [-0.25, -0.2) is 19.6 Å². The fourth-order valence-electron chi connectivity index (χ4n) is 2.97. The van der Waals surface area contributed by atoms with Crippen LogP contribution in [0.4, 0.5) is 4.79 Å². The summed E-state index contributed by atoms with van der Waals surface area (Å²) < 4.78 is 15.8. The van der Waals surface area contributed by atoms with Gasteiger partial charge >= 0.3 is 12.1 Å². The van der Waals surface area contributed by atoms with Crippen LogP contribution in [0, 0.1) is 0 Å². The molecule has 0 atom stereocenters. The van der Waals surface area contributed by atoms with Gasteiger partial charge in [-0.05, 0) is 56.9 Å². The van der Waals surface area contributed by atoms with E-state index >= 15 is 0 Å². The van der Waals surface area contributed by atoms with Crippen molar-refractivity contribution in [3.63, 3.8) is 0 Å². The van der Waals surface area contributed by atoms with Crippen LogP contribution in [0.5, 0.6) is 11.6 Å². The molecule has 0 spiro atoms. The Bertz CT molecular complexity index is 890. The van der Waals surface area contributed by atoms with E-state index in [1.807, 2.05) is 39.0 Å². The number of carbonyl (C=O) groups is 2. The third-order valence-electron chi connectivity index (χ3n) is 4.38. The van der Waals surface area contributed by atoms with Crippen molar-refractivity contribution in [3.8, 4) is 11.6 Å². The quantitative estimate of drug-likeness (QED) is 0.731. The van der Waals surface area contributed by atoms with E-state index in [0.29, 0.717) is 25.3 Å². The Labute approximate surface area is 169 Å². The number of fused-ring (bicyclic) bond motifs is 1. The molecule has 0 fully saturated rings. The lowest BCUT2D eigenvalue weighted by Crippen LogP contribution is -2.38. The molecule has 1 aromatic heterocycles. The molecule has 3 rings (SSSR count). The smallest absolute Gasteiger partial charge is 0.410 e. The van der Waals surface area contributed by atoms with Crippen molar-refractivity contribution < 1.29 is 23.8 Å². The lowest BCUT2D eigenvalue weighted by atomic mass is 10.0. The molecule has 0 radical (unpaired) electrons.